The number of thiazole rings is 1. The number of carboxylic acid groups (broad SMARTS) is 2. The van der Waals surface area contributed by atoms with E-state index in [4.69, 9.17) is 24.5 Å². The van der Waals surface area contributed by atoms with Crippen LogP contribution in [0.5, 0.6) is 0 Å². The van der Waals surface area contributed by atoms with Gasteiger partial charge in [-0.25, -0.2) is 9.78 Å². The number of quaternary nitrogens is 1. The third kappa shape index (κ3) is 10.3. The Morgan fingerprint density at radius 1 is 0.938 bits per heavy atom. The van der Waals surface area contributed by atoms with Crippen LogP contribution in [0.25, 0.3) is 0 Å². The second kappa shape index (κ2) is 20.0. The summed E-state index contributed by atoms with van der Waals surface area (Å²) < 4.78 is 38.1. The first-order valence-corrected chi connectivity index (χ1v) is 22.7. The lowest BCUT2D eigenvalue weighted by Crippen LogP contribution is -2.71. The maximum atomic E-state index is 14.3. The standard InChI is InChI=1S/C43H46N6O6S2.C2HF3O2/c1-49(23-13-5-14-24-49)26-29-27-56-40-36(39(51)48(40)37(29)41(52)53)45-38(50)35(47-55-34-22-12-15-25-54-34)33-28-57-42(44-33)46-43(30-16-6-2-7-17-30,31-18-8-3-9-19-31)32-20-10-4-11-21-32;3-2(4,5)1(6)7/h2-4,6-11,16-21,28,34,36,40H,5,12-15,22-27H2,1H3,(H2-,44,45,46,50,52,53);(H,6,7)/t34?,36?,40-;/m0./s1. The molecule has 338 valence electrons. The Morgan fingerprint density at radius 2 is 1.52 bits per heavy atom. The molecule has 0 radical (unpaired) electrons. The predicted molar refractivity (Wildman–Crippen MR) is 232 cm³/mol. The first-order chi connectivity index (χ1) is 30.7. The van der Waals surface area contributed by atoms with Gasteiger partial charge >= 0.3 is 12.1 Å². The third-order valence-electron chi connectivity index (χ3n) is 11.5. The average molecular weight is 921 g/mol. The molecule has 2 amide bonds. The summed E-state index contributed by atoms with van der Waals surface area (Å²) in [6.45, 7) is 3.07. The Bertz CT molecular complexity index is 2260. The minimum Gasteiger partial charge on any atom is -0.542 e. The van der Waals surface area contributed by atoms with Crippen LogP contribution in [0.1, 0.15) is 60.9 Å². The van der Waals surface area contributed by atoms with Gasteiger partial charge in [0.25, 0.3) is 11.8 Å². The van der Waals surface area contributed by atoms with Crippen molar-refractivity contribution < 1.29 is 56.6 Å². The van der Waals surface area contributed by atoms with Gasteiger partial charge < -0.3 is 39.7 Å². The minimum absolute atomic E-state index is 0.0415. The van der Waals surface area contributed by atoms with Crippen LogP contribution in [0.15, 0.2) is 113 Å². The molecule has 3 atom stereocenters. The largest absolute Gasteiger partial charge is 0.542 e. The van der Waals surface area contributed by atoms with Crippen molar-refractivity contribution in [2.45, 2.75) is 67.9 Å². The summed E-state index contributed by atoms with van der Waals surface area (Å²) >= 11 is 2.80. The van der Waals surface area contributed by atoms with Crippen molar-refractivity contribution >= 4 is 57.7 Å². The van der Waals surface area contributed by atoms with Gasteiger partial charge in [-0.05, 0) is 48.8 Å². The molecule has 4 aromatic rings. The van der Waals surface area contributed by atoms with E-state index in [1.807, 2.05) is 54.6 Å². The summed E-state index contributed by atoms with van der Waals surface area (Å²) in [5, 5.41) is 31.8. The molecule has 4 aliphatic heterocycles. The number of thioether (sulfide) groups is 1. The molecule has 3 N–H and O–H groups in total. The smallest absolute Gasteiger partial charge is 0.430 e. The second-order valence-electron chi connectivity index (χ2n) is 16.0. The number of ether oxygens (including phenoxy) is 1. The quantitative estimate of drug-likeness (QED) is 0.0509. The first-order valence-electron chi connectivity index (χ1n) is 20.8. The monoisotopic (exact) mass is 920 g/mol. The zero-order valence-corrected chi connectivity index (χ0v) is 36.4. The summed E-state index contributed by atoms with van der Waals surface area (Å²) in [5.41, 5.74) is 3.07. The van der Waals surface area contributed by atoms with E-state index >= 15 is 0 Å². The van der Waals surface area contributed by atoms with Crippen molar-refractivity contribution in [1.29, 1.82) is 0 Å². The van der Waals surface area contributed by atoms with E-state index in [0.717, 1.165) is 65.5 Å². The molecule has 1 aromatic heterocycles. The number of aliphatic carboxylic acids is 2. The summed E-state index contributed by atoms with van der Waals surface area (Å²) in [4.78, 5) is 61.6. The number of halogens is 3. The number of β-lactam (4-membered cyclic amide) rings is 1. The number of benzene rings is 3. The summed E-state index contributed by atoms with van der Waals surface area (Å²) in [6.07, 6.45) is -0.00299. The van der Waals surface area contributed by atoms with Crippen LogP contribution in [-0.2, 0) is 34.3 Å². The molecule has 3 saturated heterocycles. The zero-order valence-electron chi connectivity index (χ0n) is 34.8. The average Bonchev–Trinajstić information content (AvgIpc) is 3.76. The van der Waals surface area contributed by atoms with Gasteiger partial charge in [0, 0.05) is 23.1 Å². The maximum Gasteiger partial charge on any atom is 0.430 e. The number of nitrogens with zero attached hydrogens (tertiary/aromatic N) is 4. The van der Waals surface area contributed by atoms with Gasteiger partial charge in [-0.1, -0.05) is 96.2 Å². The molecule has 3 fully saturated rings. The molecule has 64 heavy (non-hydrogen) atoms. The Morgan fingerprint density at radius 3 is 2.03 bits per heavy atom. The Labute approximate surface area is 375 Å². The number of likely N-dealkylation sites (tertiary alicyclic amines) is 1. The van der Waals surface area contributed by atoms with Crippen molar-refractivity contribution in [2.24, 2.45) is 5.16 Å². The number of alkyl halides is 3. The molecule has 0 bridgehead atoms. The molecule has 14 nitrogen and oxygen atoms in total. The highest BCUT2D eigenvalue weighted by molar-refractivity contribution is 8.00. The van der Waals surface area contributed by atoms with Gasteiger partial charge in [0.15, 0.2) is 10.8 Å². The first kappa shape index (κ1) is 46.2. The van der Waals surface area contributed by atoms with E-state index < -0.39 is 53.2 Å². The Hall–Kier alpha value is -5.76. The fourth-order valence-electron chi connectivity index (χ4n) is 8.40. The van der Waals surface area contributed by atoms with Crippen molar-refractivity contribution in [2.75, 3.05) is 44.4 Å². The number of carbonyl (C=O) groups excluding carboxylic acids is 3. The van der Waals surface area contributed by atoms with Gasteiger partial charge in [0.05, 0.1) is 26.7 Å². The number of hydrogen-bond donors (Lipinski definition) is 3. The number of likely N-dealkylation sites (N-methyl/N-ethyl adjacent to an activating group) is 1. The number of oxime groups is 1. The molecule has 4 aliphatic rings. The number of aromatic nitrogens is 1. The van der Waals surface area contributed by atoms with E-state index in [9.17, 15) is 32.7 Å². The lowest BCUT2D eigenvalue weighted by Gasteiger charge is -2.50. The van der Waals surface area contributed by atoms with Crippen molar-refractivity contribution in [3.05, 3.63) is 130 Å². The summed E-state index contributed by atoms with van der Waals surface area (Å²) in [7, 11) is 2.16. The highest BCUT2D eigenvalue weighted by atomic mass is 32.2. The molecule has 5 heterocycles. The van der Waals surface area contributed by atoms with E-state index in [2.05, 4.69) is 59.2 Å². The SMILES string of the molecule is C[N+]1(CC2=C(C(=O)O)N3C(=O)C(NC(=O)C(=NOC4CCCCO4)c4csc(NC(c5ccccc5)(c5ccccc5)c5ccccc5)n4)[C@@H]3SC2)CCCCC1.O=C([O-])C(F)(F)F. The Balaban J connectivity index is 0.000000809. The Kier molecular flexibility index (Phi) is 14.4. The molecule has 19 heteroatoms. The van der Waals surface area contributed by atoms with Gasteiger partial charge in [-0.2, -0.15) is 13.2 Å². The van der Waals surface area contributed by atoms with E-state index in [-0.39, 0.29) is 17.1 Å². The van der Waals surface area contributed by atoms with Crippen molar-refractivity contribution in [3.8, 4) is 0 Å². The lowest BCUT2D eigenvalue weighted by molar-refractivity contribution is -0.909. The van der Waals surface area contributed by atoms with Crippen LogP contribution in [0.4, 0.5) is 18.3 Å². The third-order valence-corrected chi connectivity index (χ3v) is 13.6. The maximum absolute atomic E-state index is 14.3. The summed E-state index contributed by atoms with van der Waals surface area (Å²) in [6, 6.07) is 29.5. The van der Waals surface area contributed by atoms with Gasteiger partial charge in [0.1, 0.15) is 40.9 Å². The predicted octanol–water partition coefficient (Wildman–Crippen LogP) is 5.46. The zero-order chi connectivity index (χ0) is 45.5. The van der Waals surface area contributed by atoms with Crippen LogP contribution >= 0.6 is 23.1 Å². The van der Waals surface area contributed by atoms with Crippen molar-refractivity contribution in [1.82, 2.24) is 15.2 Å². The number of fused-ring (bicyclic) bond motifs is 1. The van der Waals surface area contributed by atoms with Gasteiger partial charge in [-0.15, -0.1) is 23.1 Å². The highest BCUT2D eigenvalue weighted by Gasteiger charge is 2.55. The second-order valence-corrected chi connectivity index (χ2v) is 18.0. The van der Waals surface area contributed by atoms with Crippen LogP contribution < -0.4 is 15.7 Å². The van der Waals surface area contributed by atoms with Crippen LogP contribution in [0, 0.1) is 0 Å². The van der Waals surface area contributed by atoms with Gasteiger partial charge in [0.2, 0.25) is 6.29 Å². The number of hydrogen-bond acceptors (Lipinski definition) is 12. The van der Waals surface area contributed by atoms with Crippen LogP contribution in [-0.4, -0.2) is 112 Å². The van der Waals surface area contributed by atoms with E-state index in [1.54, 1.807) is 5.38 Å². The molecular weight excluding hydrogens is 874 g/mol. The molecule has 8 rings (SSSR count). The number of piperidine rings is 1. The fourth-order valence-corrected chi connectivity index (χ4v) is 10.5. The molecule has 0 spiro atoms. The normalized spacial score (nSPS) is 21.1. The molecular formula is C45H47F3N6O8S2. The van der Waals surface area contributed by atoms with Gasteiger partial charge in [-0.3, -0.25) is 14.5 Å². The minimum atomic E-state index is -5.19. The van der Waals surface area contributed by atoms with Crippen LogP contribution in [0.2, 0.25) is 0 Å². The molecule has 0 aliphatic carbocycles. The molecule has 3 aromatic carbocycles. The number of nitrogens with one attached hydrogen (secondary N) is 2. The van der Waals surface area contributed by atoms with E-state index in [0.29, 0.717) is 30.5 Å². The fraction of sp³-hybridized carbons (Fsp3) is 0.378. The number of amides is 2. The van der Waals surface area contributed by atoms with E-state index in [1.165, 1.54) is 34.4 Å². The highest BCUT2D eigenvalue weighted by Crippen LogP contribution is 2.43. The molecule has 2 unspecified atom stereocenters. The van der Waals surface area contributed by atoms with Crippen LogP contribution in [0.3, 0.4) is 0 Å². The molecule has 0 saturated carbocycles. The summed E-state index contributed by atoms with van der Waals surface area (Å²) in [5.74, 6) is -4.79. The number of carbonyl (C=O) groups is 4. The number of rotatable bonds is 13. The number of carboxylic acids is 2. The lowest BCUT2D eigenvalue weighted by atomic mass is 9.77. The van der Waals surface area contributed by atoms with Crippen molar-refractivity contribution in [3.63, 3.8) is 0 Å². The number of anilines is 1. The topological polar surface area (TPSA) is 183 Å².